The summed E-state index contributed by atoms with van der Waals surface area (Å²) in [6.07, 6.45) is 29.6. The number of fused-ring (bicyclic) bond motifs is 1. The zero-order chi connectivity index (χ0) is 19.9. The smallest absolute Gasteiger partial charge is 0.0501 e. The molecule has 2 aliphatic heterocycles. The summed E-state index contributed by atoms with van der Waals surface area (Å²) in [6, 6.07) is 0. The monoisotopic (exact) mass is 384 g/mol. The predicted octanol–water partition coefficient (Wildman–Crippen LogP) is 8.58. The molecule has 2 nitrogen and oxygen atoms in total. The second kappa shape index (κ2) is 14.8. The molecule has 158 valence electrons. The molecule has 0 fully saturated rings. The maximum atomic E-state index is 4.71. The maximum Gasteiger partial charge on any atom is 0.0501 e. The molecule has 0 saturated heterocycles. The number of unbranched alkanes of at least 4 members (excludes halogenated alkanes) is 12. The van der Waals surface area contributed by atoms with Crippen LogP contribution in [0.4, 0.5) is 0 Å². The lowest BCUT2D eigenvalue weighted by molar-refractivity contribution is 0.413. The number of hydrogen-bond donors (Lipinski definition) is 0. The van der Waals surface area contributed by atoms with E-state index in [2.05, 4.69) is 18.8 Å². The summed E-state index contributed by atoms with van der Waals surface area (Å²) in [5, 5.41) is 0. The van der Waals surface area contributed by atoms with Crippen LogP contribution in [0.5, 0.6) is 0 Å². The zero-order valence-corrected chi connectivity index (χ0v) is 18.7. The van der Waals surface area contributed by atoms with Gasteiger partial charge in [0.1, 0.15) is 0 Å². The molecule has 0 radical (unpaired) electrons. The van der Waals surface area contributed by atoms with Crippen molar-refractivity contribution >= 4 is 11.9 Å². The van der Waals surface area contributed by atoms with E-state index in [1.54, 1.807) is 0 Å². The molecule has 0 aromatic carbocycles. The van der Waals surface area contributed by atoms with Crippen LogP contribution in [0.1, 0.15) is 123 Å². The van der Waals surface area contributed by atoms with Gasteiger partial charge in [-0.2, -0.15) is 0 Å². The average molecular weight is 385 g/mol. The highest BCUT2D eigenvalue weighted by Crippen LogP contribution is 2.29. The van der Waals surface area contributed by atoms with Gasteiger partial charge in [-0.25, -0.2) is 0 Å². The lowest BCUT2D eigenvalue weighted by Gasteiger charge is -2.18. The fourth-order valence-corrected chi connectivity index (χ4v) is 4.46. The van der Waals surface area contributed by atoms with Gasteiger partial charge in [0.15, 0.2) is 0 Å². The van der Waals surface area contributed by atoms with E-state index in [0.29, 0.717) is 0 Å². The number of hydrogen-bond acceptors (Lipinski definition) is 2. The van der Waals surface area contributed by atoms with Crippen LogP contribution in [0.3, 0.4) is 0 Å². The zero-order valence-electron chi connectivity index (χ0n) is 18.7. The van der Waals surface area contributed by atoms with Crippen LogP contribution in [-0.2, 0) is 0 Å². The molecule has 1 unspecified atom stereocenters. The summed E-state index contributed by atoms with van der Waals surface area (Å²) in [5.41, 5.74) is 3.81. The van der Waals surface area contributed by atoms with Crippen LogP contribution < -0.4 is 0 Å². The summed E-state index contributed by atoms with van der Waals surface area (Å²) in [5.74, 6) is 0.805. The molecule has 2 aliphatic rings. The van der Waals surface area contributed by atoms with Crippen molar-refractivity contribution in [2.45, 2.75) is 123 Å². The molecule has 0 spiro atoms. The van der Waals surface area contributed by atoms with E-state index in [1.807, 2.05) is 18.6 Å². The van der Waals surface area contributed by atoms with Crippen LogP contribution in [0.25, 0.3) is 0 Å². The van der Waals surface area contributed by atoms with Gasteiger partial charge in [0.25, 0.3) is 0 Å². The van der Waals surface area contributed by atoms with E-state index >= 15 is 0 Å². The Bertz CT molecular complexity index is 539. The Balaban J connectivity index is 1.65. The first-order valence-corrected chi connectivity index (χ1v) is 12.4. The van der Waals surface area contributed by atoms with Crippen molar-refractivity contribution < 1.29 is 0 Å². The van der Waals surface area contributed by atoms with Gasteiger partial charge in [-0.05, 0) is 12.3 Å². The molecule has 0 aliphatic carbocycles. The SMILES string of the molecule is CCCCCCCCCCC(CCCCCCCC)CC1=NC=C2C=NC=C21. The Morgan fingerprint density at radius 1 is 0.679 bits per heavy atom. The standard InChI is InChI=1S/C26H44N2/c1-3-5-7-9-11-12-14-16-18-23(17-15-13-10-8-6-4-2)19-26-25-22-27-20-24(25)21-28-26/h20-23H,3-19H2,1-2H3. The van der Waals surface area contributed by atoms with Crippen molar-refractivity contribution in [3.63, 3.8) is 0 Å². The summed E-state index contributed by atoms with van der Waals surface area (Å²) >= 11 is 0. The lowest BCUT2D eigenvalue weighted by Crippen LogP contribution is -2.10. The third kappa shape index (κ3) is 8.88. The largest absolute Gasteiger partial charge is 0.263 e. The molecule has 2 rings (SSSR count). The second-order valence-corrected chi connectivity index (χ2v) is 8.87. The first-order chi connectivity index (χ1) is 13.8. The minimum Gasteiger partial charge on any atom is -0.263 e. The van der Waals surface area contributed by atoms with Crippen molar-refractivity contribution in [2.75, 3.05) is 0 Å². The third-order valence-corrected chi connectivity index (χ3v) is 6.31. The van der Waals surface area contributed by atoms with Crippen LogP contribution >= 0.6 is 0 Å². The molecule has 0 aromatic heterocycles. The van der Waals surface area contributed by atoms with Gasteiger partial charge in [-0.3, -0.25) is 9.98 Å². The van der Waals surface area contributed by atoms with E-state index < -0.39 is 0 Å². The predicted molar refractivity (Wildman–Crippen MR) is 125 cm³/mol. The van der Waals surface area contributed by atoms with Gasteiger partial charge in [0.05, 0.1) is 5.71 Å². The fourth-order valence-electron chi connectivity index (χ4n) is 4.46. The molecule has 1 atom stereocenters. The van der Waals surface area contributed by atoms with Crippen molar-refractivity contribution in [3.05, 3.63) is 23.5 Å². The average Bonchev–Trinajstić information content (AvgIpc) is 3.31. The highest BCUT2D eigenvalue weighted by Gasteiger charge is 2.22. The van der Waals surface area contributed by atoms with E-state index in [0.717, 1.165) is 12.3 Å². The molecular formula is C26H44N2. The van der Waals surface area contributed by atoms with Gasteiger partial charge >= 0.3 is 0 Å². The number of allylic oxidation sites excluding steroid dienone is 2. The first-order valence-electron chi connectivity index (χ1n) is 12.4. The number of rotatable bonds is 18. The van der Waals surface area contributed by atoms with Crippen LogP contribution in [0, 0.1) is 5.92 Å². The van der Waals surface area contributed by atoms with Crippen molar-refractivity contribution in [3.8, 4) is 0 Å². The summed E-state index contributed by atoms with van der Waals surface area (Å²) < 4.78 is 0. The number of aliphatic imine (C=N–C) groups is 2. The molecule has 2 heteroatoms. The Hall–Kier alpha value is -1.18. The van der Waals surface area contributed by atoms with Gasteiger partial charge in [-0.15, -0.1) is 0 Å². The highest BCUT2D eigenvalue weighted by molar-refractivity contribution is 6.14. The minimum atomic E-state index is 0.805. The molecule has 2 heterocycles. The van der Waals surface area contributed by atoms with Crippen LogP contribution in [0.2, 0.25) is 0 Å². The highest BCUT2D eigenvalue weighted by atomic mass is 14.8. The quantitative estimate of drug-likeness (QED) is 0.211. The van der Waals surface area contributed by atoms with E-state index in [1.165, 1.54) is 120 Å². The first kappa shape index (κ1) is 23.1. The molecular weight excluding hydrogens is 340 g/mol. The lowest BCUT2D eigenvalue weighted by atomic mass is 9.87. The Labute approximate surface area is 174 Å². The molecule has 0 amide bonds. The molecule has 0 aromatic rings. The van der Waals surface area contributed by atoms with Crippen LogP contribution in [-0.4, -0.2) is 11.9 Å². The third-order valence-electron chi connectivity index (χ3n) is 6.31. The van der Waals surface area contributed by atoms with Gasteiger partial charge in [0, 0.05) is 29.8 Å². The Morgan fingerprint density at radius 2 is 1.21 bits per heavy atom. The maximum absolute atomic E-state index is 4.71. The van der Waals surface area contributed by atoms with Gasteiger partial charge in [-0.1, -0.05) is 117 Å². The van der Waals surface area contributed by atoms with Crippen molar-refractivity contribution in [2.24, 2.45) is 15.9 Å². The van der Waals surface area contributed by atoms with Gasteiger partial charge in [0.2, 0.25) is 0 Å². The number of nitrogens with zero attached hydrogens (tertiary/aromatic N) is 2. The molecule has 0 saturated carbocycles. The van der Waals surface area contributed by atoms with Crippen molar-refractivity contribution in [1.82, 2.24) is 0 Å². The molecule has 0 N–H and O–H groups in total. The normalized spacial score (nSPS) is 16.1. The molecule has 28 heavy (non-hydrogen) atoms. The van der Waals surface area contributed by atoms with E-state index in [-0.39, 0.29) is 0 Å². The minimum absolute atomic E-state index is 0.805. The Kier molecular flexibility index (Phi) is 12.2. The summed E-state index contributed by atoms with van der Waals surface area (Å²) in [7, 11) is 0. The Morgan fingerprint density at radius 3 is 1.79 bits per heavy atom. The topological polar surface area (TPSA) is 24.7 Å². The van der Waals surface area contributed by atoms with E-state index in [4.69, 9.17) is 4.99 Å². The fraction of sp³-hybridized carbons (Fsp3) is 0.769. The van der Waals surface area contributed by atoms with Gasteiger partial charge < -0.3 is 0 Å². The van der Waals surface area contributed by atoms with Crippen molar-refractivity contribution in [1.29, 1.82) is 0 Å². The summed E-state index contributed by atoms with van der Waals surface area (Å²) in [4.78, 5) is 9.02. The van der Waals surface area contributed by atoms with Crippen LogP contribution in [0.15, 0.2) is 33.5 Å². The van der Waals surface area contributed by atoms with E-state index in [9.17, 15) is 0 Å². The molecule has 0 bridgehead atoms. The summed E-state index contributed by atoms with van der Waals surface area (Å²) in [6.45, 7) is 4.59. The second-order valence-electron chi connectivity index (χ2n) is 8.87.